The Hall–Kier alpha value is -1.23. The second-order valence-corrected chi connectivity index (χ2v) is 7.22. The van der Waals surface area contributed by atoms with Crippen LogP contribution >= 0.6 is 0 Å². The molecule has 0 unspecified atom stereocenters. The van der Waals surface area contributed by atoms with Gasteiger partial charge in [0, 0.05) is 0 Å². The molecule has 1 aromatic rings. The normalized spacial score (nSPS) is 16.7. The molecule has 2 rings (SSSR count). The predicted molar refractivity (Wildman–Crippen MR) is 71.3 cm³/mol. The molecule has 0 saturated heterocycles. The van der Waals surface area contributed by atoms with Gasteiger partial charge < -0.3 is 0 Å². The third kappa shape index (κ3) is 3.86. The fourth-order valence-corrected chi connectivity index (χ4v) is 4.28. The molecule has 3 nitrogen and oxygen atoms in total. The summed E-state index contributed by atoms with van der Waals surface area (Å²) in [4.78, 5) is 11.8. The van der Waals surface area contributed by atoms with E-state index in [4.69, 9.17) is 0 Å². The minimum Gasteiger partial charge on any atom is -0.293 e. The molecule has 1 saturated carbocycles. The molecule has 1 aliphatic carbocycles. The van der Waals surface area contributed by atoms with E-state index in [1.807, 2.05) is 0 Å². The quantitative estimate of drug-likeness (QED) is 0.781. The highest BCUT2D eigenvalue weighted by atomic mass is 32.2. The molecule has 1 aromatic carbocycles. The molecule has 19 heavy (non-hydrogen) atoms. The van der Waals surface area contributed by atoms with E-state index in [2.05, 4.69) is 0 Å². The van der Waals surface area contributed by atoms with Crippen LogP contribution < -0.4 is 0 Å². The molecule has 0 aliphatic heterocycles. The standard InChI is InChI=1S/C14H17FO3S/c15-13-8-4-3-7-12(13)14(16)10-19(17,18)9-11-5-1-2-6-11/h3-4,7-8,11H,1-2,5-6,9-10H2. The van der Waals surface area contributed by atoms with Gasteiger partial charge in [-0.25, -0.2) is 12.8 Å². The van der Waals surface area contributed by atoms with E-state index in [1.165, 1.54) is 18.2 Å². The lowest BCUT2D eigenvalue weighted by Gasteiger charge is -2.09. The van der Waals surface area contributed by atoms with Gasteiger partial charge in [0.05, 0.1) is 11.3 Å². The van der Waals surface area contributed by atoms with E-state index in [0.29, 0.717) is 0 Å². The van der Waals surface area contributed by atoms with Crippen molar-refractivity contribution in [2.75, 3.05) is 11.5 Å². The maximum atomic E-state index is 13.4. The molecule has 0 spiro atoms. The number of sulfone groups is 1. The Balaban J connectivity index is 2.03. The lowest BCUT2D eigenvalue weighted by molar-refractivity contribution is 0.101. The fourth-order valence-electron chi connectivity index (χ4n) is 2.56. The number of ketones is 1. The number of carbonyl (C=O) groups is 1. The van der Waals surface area contributed by atoms with Crippen molar-refractivity contribution in [3.8, 4) is 0 Å². The van der Waals surface area contributed by atoms with Gasteiger partial charge in [0.1, 0.15) is 11.6 Å². The van der Waals surface area contributed by atoms with E-state index < -0.39 is 27.2 Å². The first kappa shape index (κ1) is 14.2. The highest BCUT2D eigenvalue weighted by Crippen LogP contribution is 2.26. The summed E-state index contributed by atoms with van der Waals surface area (Å²) in [5, 5.41) is 0. The number of benzene rings is 1. The van der Waals surface area contributed by atoms with Gasteiger partial charge in [0.2, 0.25) is 0 Å². The third-order valence-electron chi connectivity index (χ3n) is 3.49. The maximum absolute atomic E-state index is 13.4. The number of carbonyl (C=O) groups excluding carboxylic acids is 1. The van der Waals surface area contributed by atoms with E-state index in [9.17, 15) is 17.6 Å². The number of halogens is 1. The minimum absolute atomic E-state index is 0.0488. The van der Waals surface area contributed by atoms with Crippen molar-refractivity contribution in [3.05, 3.63) is 35.6 Å². The van der Waals surface area contributed by atoms with E-state index in [1.54, 1.807) is 0 Å². The summed E-state index contributed by atoms with van der Waals surface area (Å²) >= 11 is 0. The monoisotopic (exact) mass is 284 g/mol. The third-order valence-corrected chi connectivity index (χ3v) is 5.17. The molecule has 1 aliphatic rings. The Labute approximate surface area is 112 Å². The average molecular weight is 284 g/mol. The second-order valence-electron chi connectivity index (χ2n) is 5.11. The number of hydrogen-bond donors (Lipinski definition) is 0. The number of rotatable bonds is 5. The number of Topliss-reactive ketones (excluding diaryl/α,β-unsaturated/α-hetero) is 1. The highest BCUT2D eigenvalue weighted by Gasteiger charge is 2.25. The summed E-state index contributed by atoms with van der Waals surface area (Å²) in [5.41, 5.74) is -0.141. The predicted octanol–water partition coefficient (Wildman–Crippen LogP) is 2.61. The minimum atomic E-state index is -3.45. The Morgan fingerprint density at radius 1 is 1.21 bits per heavy atom. The van der Waals surface area contributed by atoms with Crippen molar-refractivity contribution in [2.45, 2.75) is 25.7 Å². The van der Waals surface area contributed by atoms with Gasteiger partial charge in [-0.1, -0.05) is 25.0 Å². The molecule has 0 heterocycles. The molecule has 0 radical (unpaired) electrons. The van der Waals surface area contributed by atoms with Crippen LogP contribution in [0.3, 0.4) is 0 Å². The maximum Gasteiger partial charge on any atom is 0.180 e. The van der Waals surface area contributed by atoms with Gasteiger partial charge >= 0.3 is 0 Å². The van der Waals surface area contributed by atoms with Crippen molar-refractivity contribution in [3.63, 3.8) is 0 Å². The van der Waals surface area contributed by atoms with Crippen LogP contribution in [-0.4, -0.2) is 25.7 Å². The molecular formula is C14H17FO3S. The van der Waals surface area contributed by atoms with Gasteiger partial charge in [0.25, 0.3) is 0 Å². The first-order valence-corrected chi connectivity index (χ1v) is 8.28. The topological polar surface area (TPSA) is 51.2 Å². The molecule has 1 fully saturated rings. The summed E-state index contributed by atoms with van der Waals surface area (Å²) in [5.74, 6) is -1.70. The van der Waals surface area contributed by atoms with E-state index in [-0.39, 0.29) is 17.2 Å². The van der Waals surface area contributed by atoms with Crippen LogP contribution in [0.1, 0.15) is 36.0 Å². The lowest BCUT2D eigenvalue weighted by Crippen LogP contribution is -2.23. The molecule has 104 valence electrons. The zero-order chi connectivity index (χ0) is 13.9. The van der Waals surface area contributed by atoms with Crippen molar-refractivity contribution in [1.29, 1.82) is 0 Å². The van der Waals surface area contributed by atoms with Crippen molar-refractivity contribution < 1.29 is 17.6 Å². The van der Waals surface area contributed by atoms with Gasteiger partial charge in [-0.2, -0.15) is 0 Å². The van der Waals surface area contributed by atoms with Crippen molar-refractivity contribution in [1.82, 2.24) is 0 Å². The van der Waals surface area contributed by atoms with E-state index in [0.717, 1.165) is 31.7 Å². The van der Waals surface area contributed by atoms with Gasteiger partial charge in [-0.05, 0) is 30.9 Å². The van der Waals surface area contributed by atoms with Crippen LogP contribution in [0.25, 0.3) is 0 Å². The molecule has 0 amide bonds. The van der Waals surface area contributed by atoms with Crippen molar-refractivity contribution in [2.24, 2.45) is 5.92 Å². The molecule has 5 heteroatoms. The summed E-state index contributed by atoms with van der Waals surface area (Å²) in [6.07, 6.45) is 3.93. The van der Waals surface area contributed by atoms with Crippen LogP contribution in [0.2, 0.25) is 0 Å². The van der Waals surface area contributed by atoms with Gasteiger partial charge in [-0.3, -0.25) is 4.79 Å². The van der Waals surface area contributed by atoms with Crippen LogP contribution in [0, 0.1) is 11.7 Å². The van der Waals surface area contributed by atoms with Crippen LogP contribution in [-0.2, 0) is 9.84 Å². The van der Waals surface area contributed by atoms with Gasteiger partial charge in [0.15, 0.2) is 15.6 Å². The summed E-state index contributed by atoms with van der Waals surface area (Å²) < 4.78 is 37.3. The van der Waals surface area contributed by atoms with Gasteiger partial charge in [-0.15, -0.1) is 0 Å². The molecule has 0 aromatic heterocycles. The summed E-state index contributed by atoms with van der Waals surface area (Å²) in [6.45, 7) is 0. The fraction of sp³-hybridized carbons (Fsp3) is 0.500. The van der Waals surface area contributed by atoms with E-state index >= 15 is 0 Å². The molecular weight excluding hydrogens is 267 g/mol. The van der Waals surface area contributed by atoms with Crippen LogP contribution in [0.5, 0.6) is 0 Å². The average Bonchev–Trinajstić information content (AvgIpc) is 2.80. The van der Waals surface area contributed by atoms with Crippen molar-refractivity contribution >= 4 is 15.6 Å². The lowest BCUT2D eigenvalue weighted by atomic mass is 10.1. The molecule has 0 atom stereocenters. The SMILES string of the molecule is O=C(CS(=O)(=O)CC1CCCC1)c1ccccc1F. The van der Waals surface area contributed by atoms with Crippen LogP contribution in [0.4, 0.5) is 4.39 Å². The first-order valence-electron chi connectivity index (χ1n) is 6.46. The highest BCUT2D eigenvalue weighted by molar-refractivity contribution is 7.92. The molecule has 0 N–H and O–H groups in total. The Kier molecular flexibility index (Phi) is 4.34. The Morgan fingerprint density at radius 2 is 1.84 bits per heavy atom. The Morgan fingerprint density at radius 3 is 2.47 bits per heavy atom. The second kappa shape index (κ2) is 5.82. The molecule has 0 bridgehead atoms. The summed E-state index contributed by atoms with van der Waals surface area (Å²) in [6, 6.07) is 5.48. The zero-order valence-corrected chi connectivity index (χ0v) is 11.5. The zero-order valence-electron chi connectivity index (χ0n) is 10.6. The summed E-state index contributed by atoms with van der Waals surface area (Å²) in [7, 11) is -3.45. The Bertz CT molecular complexity index is 560. The largest absolute Gasteiger partial charge is 0.293 e. The first-order chi connectivity index (χ1) is 8.98. The van der Waals surface area contributed by atoms with Crippen LogP contribution in [0.15, 0.2) is 24.3 Å². The smallest absolute Gasteiger partial charge is 0.180 e. The number of hydrogen-bond acceptors (Lipinski definition) is 3.